The molecule has 3 rings (SSSR count). The second-order valence-corrected chi connectivity index (χ2v) is 5.97. The molecule has 0 bridgehead atoms. The number of ether oxygens (including phenoxy) is 1. The van der Waals surface area contributed by atoms with E-state index >= 15 is 0 Å². The van der Waals surface area contributed by atoms with Gasteiger partial charge < -0.3 is 10.1 Å². The Bertz CT molecular complexity index is 550. The molecule has 4 heteroatoms. The lowest BCUT2D eigenvalue weighted by Gasteiger charge is -2.07. The van der Waals surface area contributed by atoms with Crippen molar-refractivity contribution in [2.75, 3.05) is 0 Å². The minimum absolute atomic E-state index is 0.493. The van der Waals surface area contributed by atoms with E-state index in [0.717, 1.165) is 28.5 Å². The fourth-order valence-corrected chi connectivity index (χ4v) is 2.14. The van der Waals surface area contributed by atoms with Gasteiger partial charge in [-0.3, -0.25) is 4.98 Å². The third-order valence-electron chi connectivity index (χ3n) is 3.27. The van der Waals surface area contributed by atoms with E-state index in [0.29, 0.717) is 6.61 Å². The predicted molar refractivity (Wildman–Crippen MR) is 82.6 cm³/mol. The van der Waals surface area contributed by atoms with Gasteiger partial charge in [0.1, 0.15) is 12.4 Å². The largest absolute Gasteiger partial charge is 0.487 e. The molecule has 2 aromatic rings. The summed E-state index contributed by atoms with van der Waals surface area (Å²) in [6.45, 7) is 1.44. The first-order chi connectivity index (χ1) is 9.79. The highest BCUT2D eigenvalue weighted by Gasteiger charge is 2.19. The second-order valence-electron chi connectivity index (χ2n) is 5.06. The fourth-order valence-electron chi connectivity index (χ4n) is 1.90. The molecule has 0 aliphatic heterocycles. The molecule has 0 radical (unpaired) electrons. The molecule has 104 valence electrons. The van der Waals surface area contributed by atoms with Crippen molar-refractivity contribution in [3.63, 3.8) is 0 Å². The Kier molecular flexibility index (Phi) is 4.33. The van der Waals surface area contributed by atoms with E-state index in [1.54, 1.807) is 6.20 Å². The molecule has 1 heterocycles. The van der Waals surface area contributed by atoms with Crippen LogP contribution in [0.1, 0.15) is 24.1 Å². The van der Waals surface area contributed by atoms with Gasteiger partial charge in [-0.05, 0) is 58.6 Å². The van der Waals surface area contributed by atoms with Crippen LogP contribution in [0.25, 0.3) is 0 Å². The predicted octanol–water partition coefficient (Wildman–Crippen LogP) is 3.68. The van der Waals surface area contributed by atoms with Crippen LogP contribution < -0.4 is 10.1 Å². The third kappa shape index (κ3) is 4.05. The highest BCUT2D eigenvalue weighted by molar-refractivity contribution is 9.10. The van der Waals surface area contributed by atoms with Crippen molar-refractivity contribution in [3.8, 4) is 5.75 Å². The van der Waals surface area contributed by atoms with Crippen LogP contribution >= 0.6 is 15.9 Å². The fraction of sp³-hybridized carbons (Fsp3) is 0.312. The Balaban J connectivity index is 1.50. The van der Waals surface area contributed by atoms with Crippen LogP contribution in [-0.2, 0) is 13.2 Å². The third-order valence-corrected chi connectivity index (χ3v) is 3.74. The van der Waals surface area contributed by atoms with E-state index in [1.807, 2.05) is 24.3 Å². The molecule has 1 saturated carbocycles. The van der Waals surface area contributed by atoms with Gasteiger partial charge in [0.25, 0.3) is 0 Å². The minimum atomic E-state index is 0.493. The first-order valence-corrected chi connectivity index (χ1v) is 7.64. The average molecular weight is 333 g/mol. The summed E-state index contributed by atoms with van der Waals surface area (Å²) in [4.78, 5) is 4.28. The highest BCUT2D eigenvalue weighted by Crippen LogP contribution is 2.20. The Morgan fingerprint density at radius 2 is 1.95 bits per heavy atom. The standard InChI is InChI=1S/C16H17BrN2O/c17-13-3-4-15(19-10-13)11-20-16-7-1-12(2-8-16)9-18-14-5-6-14/h1-4,7-8,10,14,18H,5-6,9,11H2. The summed E-state index contributed by atoms with van der Waals surface area (Å²) in [5, 5.41) is 3.50. The number of rotatable bonds is 6. The molecule has 1 fully saturated rings. The van der Waals surface area contributed by atoms with E-state index in [1.165, 1.54) is 18.4 Å². The van der Waals surface area contributed by atoms with Crippen molar-refractivity contribution in [2.45, 2.75) is 32.0 Å². The maximum Gasteiger partial charge on any atom is 0.130 e. The van der Waals surface area contributed by atoms with Gasteiger partial charge >= 0.3 is 0 Å². The number of halogens is 1. The molecule has 1 aliphatic carbocycles. The molecule has 20 heavy (non-hydrogen) atoms. The molecule has 1 N–H and O–H groups in total. The maximum absolute atomic E-state index is 5.73. The number of benzene rings is 1. The van der Waals surface area contributed by atoms with Crippen LogP contribution in [0.3, 0.4) is 0 Å². The molecule has 0 saturated heterocycles. The Labute approximate surface area is 127 Å². The van der Waals surface area contributed by atoms with Gasteiger partial charge in [-0.15, -0.1) is 0 Å². The van der Waals surface area contributed by atoms with Crippen LogP contribution in [0.4, 0.5) is 0 Å². The topological polar surface area (TPSA) is 34.1 Å². The van der Waals surface area contributed by atoms with Crippen molar-refractivity contribution >= 4 is 15.9 Å². The zero-order valence-corrected chi connectivity index (χ0v) is 12.8. The van der Waals surface area contributed by atoms with E-state index in [2.05, 4.69) is 38.4 Å². The summed E-state index contributed by atoms with van der Waals surface area (Å²) >= 11 is 3.37. The van der Waals surface area contributed by atoms with Crippen LogP contribution in [0, 0.1) is 0 Å². The molecular weight excluding hydrogens is 316 g/mol. The van der Waals surface area contributed by atoms with Gasteiger partial charge in [0.2, 0.25) is 0 Å². The van der Waals surface area contributed by atoms with Gasteiger partial charge in [0.15, 0.2) is 0 Å². The van der Waals surface area contributed by atoms with Crippen molar-refractivity contribution in [1.82, 2.24) is 10.3 Å². The lowest BCUT2D eigenvalue weighted by atomic mass is 10.2. The second kappa shape index (κ2) is 6.37. The van der Waals surface area contributed by atoms with Gasteiger partial charge in [-0.25, -0.2) is 0 Å². The summed E-state index contributed by atoms with van der Waals surface area (Å²) in [5.41, 5.74) is 2.22. The molecule has 0 unspecified atom stereocenters. The lowest BCUT2D eigenvalue weighted by molar-refractivity contribution is 0.301. The molecular formula is C16H17BrN2O. The van der Waals surface area contributed by atoms with Crippen LogP contribution in [-0.4, -0.2) is 11.0 Å². The maximum atomic E-state index is 5.73. The molecule has 0 spiro atoms. The zero-order chi connectivity index (χ0) is 13.8. The van der Waals surface area contributed by atoms with Crippen LogP contribution in [0.15, 0.2) is 47.1 Å². The van der Waals surface area contributed by atoms with Gasteiger partial charge in [-0.2, -0.15) is 0 Å². The Morgan fingerprint density at radius 3 is 2.60 bits per heavy atom. The first-order valence-electron chi connectivity index (χ1n) is 6.85. The van der Waals surface area contributed by atoms with Crippen molar-refractivity contribution in [1.29, 1.82) is 0 Å². The Hall–Kier alpha value is -1.39. The van der Waals surface area contributed by atoms with Gasteiger partial charge in [-0.1, -0.05) is 12.1 Å². The van der Waals surface area contributed by atoms with Gasteiger partial charge in [0, 0.05) is 23.3 Å². The van der Waals surface area contributed by atoms with Crippen LogP contribution in [0.2, 0.25) is 0 Å². The lowest BCUT2D eigenvalue weighted by Crippen LogP contribution is -2.15. The molecule has 0 amide bonds. The summed E-state index contributed by atoms with van der Waals surface area (Å²) in [6, 6.07) is 12.9. The van der Waals surface area contributed by atoms with Crippen molar-refractivity contribution in [3.05, 3.63) is 58.3 Å². The van der Waals surface area contributed by atoms with E-state index in [-0.39, 0.29) is 0 Å². The van der Waals surface area contributed by atoms with Crippen LogP contribution in [0.5, 0.6) is 5.75 Å². The van der Waals surface area contributed by atoms with Crippen molar-refractivity contribution in [2.24, 2.45) is 0 Å². The molecule has 1 aromatic heterocycles. The highest BCUT2D eigenvalue weighted by atomic mass is 79.9. The van der Waals surface area contributed by atoms with E-state index < -0.39 is 0 Å². The monoisotopic (exact) mass is 332 g/mol. The number of hydrogen-bond acceptors (Lipinski definition) is 3. The number of nitrogens with one attached hydrogen (secondary N) is 1. The number of pyridine rings is 1. The summed E-state index contributed by atoms with van der Waals surface area (Å²) in [5.74, 6) is 0.880. The number of nitrogens with zero attached hydrogens (tertiary/aromatic N) is 1. The smallest absolute Gasteiger partial charge is 0.130 e. The molecule has 1 aromatic carbocycles. The van der Waals surface area contributed by atoms with E-state index in [9.17, 15) is 0 Å². The Morgan fingerprint density at radius 1 is 1.15 bits per heavy atom. The molecule has 1 aliphatic rings. The average Bonchev–Trinajstić information content (AvgIpc) is 3.30. The zero-order valence-electron chi connectivity index (χ0n) is 11.2. The quantitative estimate of drug-likeness (QED) is 0.876. The number of hydrogen-bond donors (Lipinski definition) is 1. The normalized spacial score (nSPS) is 14.2. The minimum Gasteiger partial charge on any atom is -0.487 e. The first kappa shape index (κ1) is 13.6. The van der Waals surface area contributed by atoms with Crippen molar-refractivity contribution < 1.29 is 4.74 Å². The summed E-state index contributed by atoms with van der Waals surface area (Å²) in [7, 11) is 0. The molecule has 3 nitrogen and oxygen atoms in total. The number of aromatic nitrogens is 1. The summed E-state index contributed by atoms with van der Waals surface area (Å²) in [6.07, 6.45) is 4.42. The SMILES string of the molecule is Brc1ccc(COc2ccc(CNC3CC3)cc2)nc1. The van der Waals surface area contributed by atoms with Gasteiger partial charge in [0.05, 0.1) is 5.69 Å². The summed E-state index contributed by atoms with van der Waals surface area (Å²) < 4.78 is 6.71. The van der Waals surface area contributed by atoms with E-state index in [4.69, 9.17) is 4.74 Å². The molecule has 0 atom stereocenters.